The fraction of sp³-hybridized carbons (Fsp3) is 0.214. The number of hydrogen-bond acceptors (Lipinski definition) is 2. The molecule has 0 radical (unpaired) electrons. The predicted octanol–water partition coefficient (Wildman–Crippen LogP) is 3.83. The summed E-state index contributed by atoms with van der Waals surface area (Å²) in [5.41, 5.74) is 1.61. The third-order valence-corrected chi connectivity index (χ3v) is 3.24. The van der Waals surface area contributed by atoms with E-state index in [0.29, 0.717) is 12.1 Å². The SMILES string of the molecule is C[C@H](NCc1ccc(Br)cc1F)c1ccccn1. The van der Waals surface area contributed by atoms with Crippen LogP contribution in [-0.4, -0.2) is 4.98 Å². The summed E-state index contributed by atoms with van der Waals surface area (Å²) < 4.78 is 14.4. The maximum atomic E-state index is 13.6. The second kappa shape index (κ2) is 6.07. The lowest BCUT2D eigenvalue weighted by atomic mass is 10.1. The summed E-state index contributed by atoms with van der Waals surface area (Å²) in [5, 5.41) is 3.26. The van der Waals surface area contributed by atoms with Crippen LogP contribution in [0.25, 0.3) is 0 Å². The molecule has 0 unspecified atom stereocenters. The smallest absolute Gasteiger partial charge is 0.128 e. The Balaban J connectivity index is 1.99. The van der Waals surface area contributed by atoms with Gasteiger partial charge in [-0.2, -0.15) is 0 Å². The Morgan fingerprint density at radius 3 is 2.83 bits per heavy atom. The monoisotopic (exact) mass is 308 g/mol. The van der Waals surface area contributed by atoms with E-state index in [1.807, 2.05) is 31.2 Å². The van der Waals surface area contributed by atoms with Crippen molar-refractivity contribution in [2.75, 3.05) is 0 Å². The Labute approximate surface area is 114 Å². The van der Waals surface area contributed by atoms with Crippen molar-refractivity contribution in [2.45, 2.75) is 19.5 Å². The molecule has 4 heteroatoms. The number of nitrogens with one attached hydrogen (secondary N) is 1. The molecule has 2 rings (SSSR count). The van der Waals surface area contributed by atoms with Crippen molar-refractivity contribution in [1.82, 2.24) is 10.3 Å². The number of pyridine rings is 1. The molecule has 0 aliphatic rings. The quantitative estimate of drug-likeness (QED) is 0.928. The van der Waals surface area contributed by atoms with Crippen molar-refractivity contribution in [2.24, 2.45) is 0 Å². The summed E-state index contributed by atoms with van der Waals surface area (Å²) in [6.07, 6.45) is 1.76. The minimum absolute atomic E-state index is 0.0919. The van der Waals surface area contributed by atoms with E-state index in [1.54, 1.807) is 12.3 Å². The third kappa shape index (κ3) is 3.37. The van der Waals surface area contributed by atoms with E-state index < -0.39 is 0 Å². The van der Waals surface area contributed by atoms with Crippen LogP contribution in [-0.2, 0) is 6.54 Å². The van der Waals surface area contributed by atoms with E-state index in [-0.39, 0.29) is 11.9 Å². The fourth-order valence-electron chi connectivity index (χ4n) is 1.66. The van der Waals surface area contributed by atoms with E-state index in [9.17, 15) is 4.39 Å². The van der Waals surface area contributed by atoms with E-state index in [2.05, 4.69) is 26.2 Å². The Hall–Kier alpha value is -1.26. The number of benzene rings is 1. The Morgan fingerprint density at radius 2 is 2.17 bits per heavy atom. The summed E-state index contributed by atoms with van der Waals surface area (Å²) in [4.78, 5) is 4.26. The topological polar surface area (TPSA) is 24.9 Å². The fourth-order valence-corrected chi connectivity index (χ4v) is 2.00. The van der Waals surface area contributed by atoms with Gasteiger partial charge in [0.15, 0.2) is 0 Å². The van der Waals surface area contributed by atoms with Crippen molar-refractivity contribution in [3.8, 4) is 0 Å². The van der Waals surface area contributed by atoms with Crippen LogP contribution in [0.3, 0.4) is 0 Å². The van der Waals surface area contributed by atoms with E-state index in [1.165, 1.54) is 6.07 Å². The standard InChI is InChI=1S/C14H14BrFN2/c1-10(14-4-2-3-7-17-14)18-9-11-5-6-12(15)8-13(11)16/h2-8,10,18H,9H2,1H3/t10-/m0/s1. The maximum absolute atomic E-state index is 13.6. The summed E-state index contributed by atoms with van der Waals surface area (Å²) in [6.45, 7) is 2.50. The number of rotatable bonds is 4. The van der Waals surface area contributed by atoms with Gasteiger partial charge < -0.3 is 5.32 Å². The van der Waals surface area contributed by atoms with Crippen LogP contribution >= 0.6 is 15.9 Å². The third-order valence-electron chi connectivity index (χ3n) is 2.75. The Bertz CT molecular complexity index is 516. The lowest BCUT2D eigenvalue weighted by molar-refractivity contribution is 0.536. The van der Waals surface area contributed by atoms with Gasteiger partial charge in [-0.25, -0.2) is 4.39 Å². The van der Waals surface area contributed by atoms with Gasteiger partial charge in [0.1, 0.15) is 5.82 Å². The molecule has 2 aromatic rings. The zero-order valence-electron chi connectivity index (χ0n) is 10.0. The molecule has 0 aliphatic carbocycles. The number of aromatic nitrogens is 1. The molecule has 18 heavy (non-hydrogen) atoms. The highest BCUT2D eigenvalue weighted by Crippen LogP contribution is 2.16. The zero-order valence-corrected chi connectivity index (χ0v) is 11.6. The number of hydrogen-bond donors (Lipinski definition) is 1. The van der Waals surface area contributed by atoms with E-state index >= 15 is 0 Å². The van der Waals surface area contributed by atoms with Crippen molar-refractivity contribution >= 4 is 15.9 Å². The molecule has 0 fully saturated rings. The van der Waals surface area contributed by atoms with Gasteiger partial charge in [-0.15, -0.1) is 0 Å². The van der Waals surface area contributed by atoms with Gasteiger partial charge in [0.25, 0.3) is 0 Å². The van der Waals surface area contributed by atoms with Crippen molar-refractivity contribution < 1.29 is 4.39 Å². The lowest BCUT2D eigenvalue weighted by Crippen LogP contribution is -2.19. The molecule has 1 aromatic carbocycles. The molecule has 0 amide bonds. The predicted molar refractivity (Wildman–Crippen MR) is 73.6 cm³/mol. The summed E-state index contributed by atoms with van der Waals surface area (Å²) >= 11 is 3.24. The van der Waals surface area contributed by atoms with Gasteiger partial charge in [0.2, 0.25) is 0 Å². The van der Waals surface area contributed by atoms with Gasteiger partial charge in [-0.3, -0.25) is 4.98 Å². The molecule has 0 aliphatic heterocycles. The number of nitrogens with zero attached hydrogens (tertiary/aromatic N) is 1. The second-order valence-corrected chi connectivity index (χ2v) is 5.01. The highest BCUT2D eigenvalue weighted by molar-refractivity contribution is 9.10. The molecule has 94 valence electrons. The largest absolute Gasteiger partial charge is 0.305 e. The average molecular weight is 309 g/mol. The van der Waals surface area contributed by atoms with Crippen LogP contribution in [0.2, 0.25) is 0 Å². The normalized spacial score (nSPS) is 12.4. The first-order valence-electron chi connectivity index (χ1n) is 5.75. The summed E-state index contributed by atoms with van der Waals surface area (Å²) in [6, 6.07) is 11.0. The molecular formula is C14H14BrFN2. The van der Waals surface area contributed by atoms with Crippen LogP contribution in [0.1, 0.15) is 24.2 Å². The summed E-state index contributed by atoms with van der Waals surface area (Å²) in [7, 11) is 0. The van der Waals surface area contributed by atoms with Gasteiger partial charge in [-0.1, -0.05) is 28.1 Å². The van der Waals surface area contributed by atoms with Crippen molar-refractivity contribution in [3.05, 3.63) is 64.1 Å². The highest BCUT2D eigenvalue weighted by Gasteiger charge is 2.07. The minimum Gasteiger partial charge on any atom is -0.305 e. The molecule has 0 saturated heterocycles. The molecule has 0 bridgehead atoms. The molecule has 2 nitrogen and oxygen atoms in total. The molecule has 0 spiro atoms. The van der Waals surface area contributed by atoms with Crippen LogP contribution in [0.15, 0.2) is 47.1 Å². The van der Waals surface area contributed by atoms with Crippen molar-refractivity contribution in [1.29, 1.82) is 0 Å². The minimum atomic E-state index is -0.204. The van der Waals surface area contributed by atoms with E-state index in [4.69, 9.17) is 0 Å². The van der Waals surface area contributed by atoms with Gasteiger partial charge in [0, 0.05) is 28.8 Å². The highest BCUT2D eigenvalue weighted by atomic mass is 79.9. The first-order chi connectivity index (χ1) is 8.66. The molecule has 0 saturated carbocycles. The second-order valence-electron chi connectivity index (χ2n) is 4.09. The summed E-state index contributed by atoms with van der Waals surface area (Å²) in [5.74, 6) is -0.204. The zero-order chi connectivity index (χ0) is 13.0. The number of halogens is 2. The first-order valence-corrected chi connectivity index (χ1v) is 6.54. The Kier molecular flexibility index (Phi) is 4.44. The van der Waals surface area contributed by atoms with Crippen molar-refractivity contribution in [3.63, 3.8) is 0 Å². The molecule has 1 N–H and O–H groups in total. The van der Waals surface area contributed by atoms with Gasteiger partial charge in [-0.05, 0) is 31.2 Å². The lowest BCUT2D eigenvalue weighted by Gasteiger charge is -2.13. The molecule has 1 atom stereocenters. The van der Waals surface area contributed by atoms with Crippen LogP contribution < -0.4 is 5.32 Å². The Morgan fingerprint density at radius 1 is 1.33 bits per heavy atom. The van der Waals surface area contributed by atoms with Crippen LogP contribution in [0.4, 0.5) is 4.39 Å². The molecular weight excluding hydrogens is 295 g/mol. The molecule has 1 heterocycles. The van der Waals surface area contributed by atoms with Gasteiger partial charge in [0.05, 0.1) is 5.69 Å². The van der Waals surface area contributed by atoms with E-state index in [0.717, 1.165) is 10.2 Å². The average Bonchev–Trinajstić information content (AvgIpc) is 2.38. The first kappa shape index (κ1) is 13.2. The van der Waals surface area contributed by atoms with Gasteiger partial charge >= 0.3 is 0 Å². The van der Waals surface area contributed by atoms with Crippen LogP contribution in [0, 0.1) is 5.82 Å². The maximum Gasteiger partial charge on any atom is 0.128 e. The van der Waals surface area contributed by atoms with Crippen LogP contribution in [0.5, 0.6) is 0 Å². The molecule has 1 aromatic heterocycles.